The van der Waals surface area contributed by atoms with Crippen molar-refractivity contribution in [1.29, 1.82) is 0 Å². The Labute approximate surface area is 140 Å². The zero-order chi connectivity index (χ0) is 15.9. The number of ether oxygens (including phenoxy) is 1. The summed E-state index contributed by atoms with van der Waals surface area (Å²) in [5.41, 5.74) is 2.28. The maximum atomic E-state index is 12.2. The molecule has 1 amide bonds. The molecule has 0 N–H and O–H groups in total. The number of amides is 1. The SMILES string of the molecule is CC(C)(C)OC(=O)N1CCC(N2CCc3cc(Br)ccc32)C1. The Morgan fingerprint density at radius 3 is 2.82 bits per heavy atom. The highest BCUT2D eigenvalue weighted by molar-refractivity contribution is 9.10. The van der Waals surface area contributed by atoms with Crippen LogP contribution in [0, 0.1) is 0 Å². The molecule has 22 heavy (non-hydrogen) atoms. The van der Waals surface area contributed by atoms with Gasteiger partial charge in [-0.1, -0.05) is 15.9 Å². The number of fused-ring (bicyclic) bond motifs is 1. The highest BCUT2D eigenvalue weighted by Crippen LogP contribution is 2.34. The van der Waals surface area contributed by atoms with E-state index >= 15 is 0 Å². The van der Waals surface area contributed by atoms with E-state index in [0.717, 1.165) is 36.9 Å². The smallest absolute Gasteiger partial charge is 0.410 e. The molecule has 1 atom stereocenters. The third kappa shape index (κ3) is 3.24. The molecular formula is C17H23BrN2O2. The molecule has 2 heterocycles. The summed E-state index contributed by atoms with van der Waals surface area (Å²) < 4.78 is 6.61. The molecule has 0 aromatic heterocycles. The average molecular weight is 367 g/mol. The first kappa shape index (κ1) is 15.7. The molecule has 5 heteroatoms. The molecule has 0 bridgehead atoms. The lowest BCUT2D eigenvalue weighted by atomic mass is 10.1. The molecule has 0 spiro atoms. The fraction of sp³-hybridized carbons (Fsp3) is 0.588. The highest BCUT2D eigenvalue weighted by atomic mass is 79.9. The number of anilines is 1. The minimum absolute atomic E-state index is 0.190. The van der Waals surface area contributed by atoms with Gasteiger partial charge in [-0.3, -0.25) is 0 Å². The Morgan fingerprint density at radius 1 is 1.32 bits per heavy atom. The normalized spacial score (nSPS) is 21.2. The van der Waals surface area contributed by atoms with Crippen molar-refractivity contribution in [3.05, 3.63) is 28.2 Å². The number of halogens is 1. The largest absolute Gasteiger partial charge is 0.444 e. The van der Waals surface area contributed by atoms with Crippen molar-refractivity contribution in [2.24, 2.45) is 0 Å². The quantitative estimate of drug-likeness (QED) is 0.757. The summed E-state index contributed by atoms with van der Waals surface area (Å²) in [6.07, 6.45) is 1.90. The highest BCUT2D eigenvalue weighted by Gasteiger charge is 2.35. The van der Waals surface area contributed by atoms with E-state index in [0.29, 0.717) is 6.04 Å². The number of hydrogen-bond acceptors (Lipinski definition) is 3. The van der Waals surface area contributed by atoms with E-state index in [4.69, 9.17) is 4.74 Å². The van der Waals surface area contributed by atoms with E-state index in [1.54, 1.807) is 0 Å². The first-order chi connectivity index (χ1) is 10.3. The van der Waals surface area contributed by atoms with Gasteiger partial charge in [0.15, 0.2) is 0 Å². The van der Waals surface area contributed by atoms with Gasteiger partial charge in [0.25, 0.3) is 0 Å². The molecule has 1 fully saturated rings. The van der Waals surface area contributed by atoms with Crippen molar-refractivity contribution in [3.8, 4) is 0 Å². The maximum Gasteiger partial charge on any atom is 0.410 e. The maximum absolute atomic E-state index is 12.2. The molecule has 1 aromatic carbocycles. The van der Waals surface area contributed by atoms with Gasteiger partial charge in [0.2, 0.25) is 0 Å². The minimum atomic E-state index is -0.429. The van der Waals surface area contributed by atoms with Crippen LogP contribution in [0.25, 0.3) is 0 Å². The average Bonchev–Trinajstić information content (AvgIpc) is 3.01. The number of carbonyl (C=O) groups excluding carboxylic acids is 1. The van der Waals surface area contributed by atoms with Gasteiger partial charge in [0.05, 0.1) is 0 Å². The van der Waals surface area contributed by atoms with Crippen molar-refractivity contribution in [1.82, 2.24) is 4.90 Å². The van der Waals surface area contributed by atoms with Crippen LogP contribution < -0.4 is 4.90 Å². The van der Waals surface area contributed by atoms with Crippen LogP contribution in [0.3, 0.4) is 0 Å². The summed E-state index contributed by atoms with van der Waals surface area (Å²) in [6, 6.07) is 6.88. The van der Waals surface area contributed by atoms with Gasteiger partial charge in [-0.05, 0) is 57.4 Å². The molecule has 0 aliphatic carbocycles. The number of nitrogens with zero attached hydrogens (tertiary/aromatic N) is 2. The van der Waals surface area contributed by atoms with Gasteiger partial charge in [0.1, 0.15) is 5.60 Å². The van der Waals surface area contributed by atoms with Crippen LogP contribution in [0.1, 0.15) is 32.8 Å². The second-order valence-corrected chi connectivity index (χ2v) is 8.00. The van der Waals surface area contributed by atoms with Crippen molar-refractivity contribution in [2.45, 2.75) is 45.3 Å². The first-order valence-electron chi connectivity index (χ1n) is 7.86. The van der Waals surface area contributed by atoms with Gasteiger partial charge < -0.3 is 14.5 Å². The molecule has 0 radical (unpaired) electrons. The first-order valence-corrected chi connectivity index (χ1v) is 8.66. The molecule has 2 aliphatic rings. The van der Waals surface area contributed by atoms with E-state index in [9.17, 15) is 4.79 Å². The number of carbonyl (C=O) groups is 1. The zero-order valence-electron chi connectivity index (χ0n) is 13.4. The number of benzene rings is 1. The van der Waals surface area contributed by atoms with Gasteiger partial charge in [0, 0.05) is 35.8 Å². The Bertz CT molecular complexity index is 583. The Balaban J connectivity index is 1.66. The van der Waals surface area contributed by atoms with E-state index in [2.05, 4.69) is 39.0 Å². The summed E-state index contributed by atoms with van der Waals surface area (Å²) in [4.78, 5) is 16.5. The lowest BCUT2D eigenvalue weighted by molar-refractivity contribution is 0.0292. The summed E-state index contributed by atoms with van der Waals surface area (Å²) >= 11 is 3.54. The van der Waals surface area contributed by atoms with Crippen molar-refractivity contribution in [3.63, 3.8) is 0 Å². The number of rotatable bonds is 1. The van der Waals surface area contributed by atoms with Gasteiger partial charge in [-0.25, -0.2) is 4.79 Å². The summed E-state index contributed by atoms with van der Waals surface area (Å²) in [5.74, 6) is 0. The van der Waals surface area contributed by atoms with E-state index in [1.165, 1.54) is 11.3 Å². The second kappa shape index (κ2) is 5.76. The molecule has 4 nitrogen and oxygen atoms in total. The lowest BCUT2D eigenvalue weighted by Gasteiger charge is -2.28. The van der Waals surface area contributed by atoms with E-state index < -0.39 is 5.60 Å². The lowest BCUT2D eigenvalue weighted by Crippen LogP contribution is -2.40. The second-order valence-electron chi connectivity index (χ2n) is 7.09. The number of likely N-dealkylation sites (tertiary alicyclic amines) is 1. The van der Waals surface area contributed by atoms with Gasteiger partial charge in [-0.15, -0.1) is 0 Å². The summed E-state index contributed by atoms with van der Waals surface area (Å²) in [5, 5.41) is 0. The fourth-order valence-corrected chi connectivity index (χ4v) is 3.67. The number of hydrogen-bond donors (Lipinski definition) is 0. The van der Waals surface area contributed by atoms with Crippen LogP contribution >= 0.6 is 15.9 Å². The van der Waals surface area contributed by atoms with Crippen molar-refractivity contribution >= 4 is 27.7 Å². The summed E-state index contributed by atoms with van der Waals surface area (Å²) in [6.45, 7) is 8.30. The Kier molecular flexibility index (Phi) is 4.10. The third-order valence-electron chi connectivity index (χ3n) is 4.23. The van der Waals surface area contributed by atoms with E-state index in [1.807, 2.05) is 25.7 Å². The molecule has 1 saturated heterocycles. The van der Waals surface area contributed by atoms with Crippen LogP contribution in [-0.4, -0.2) is 42.3 Å². The topological polar surface area (TPSA) is 32.8 Å². The Morgan fingerprint density at radius 2 is 2.09 bits per heavy atom. The molecule has 120 valence electrons. The van der Waals surface area contributed by atoms with Crippen LogP contribution in [0.5, 0.6) is 0 Å². The Hall–Kier alpha value is -1.23. The van der Waals surface area contributed by atoms with E-state index in [-0.39, 0.29) is 6.09 Å². The standard InChI is InChI=1S/C17H23BrN2O2/c1-17(2,3)22-16(21)19-8-7-14(11-19)20-9-6-12-10-13(18)4-5-15(12)20/h4-5,10,14H,6-9,11H2,1-3H3. The monoisotopic (exact) mass is 366 g/mol. The van der Waals surface area contributed by atoms with Crippen LogP contribution in [0.4, 0.5) is 10.5 Å². The summed E-state index contributed by atoms with van der Waals surface area (Å²) in [7, 11) is 0. The molecule has 3 rings (SSSR count). The van der Waals surface area contributed by atoms with Crippen LogP contribution in [-0.2, 0) is 11.2 Å². The molecule has 0 saturated carbocycles. The molecule has 1 aromatic rings. The predicted molar refractivity (Wildman–Crippen MR) is 91.4 cm³/mol. The van der Waals surface area contributed by atoms with Gasteiger partial charge in [-0.2, -0.15) is 0 Å². The predicted octanol–water partition coefficient (Wildman–Crippen LogP) is 3.82. The van der Waals surface area contributed by atoms with Crippen molar-refractivity contribution < 1.29 is 9.53 Å². The third-order valence-corrected chi connectivity index (χ3v) is 4.72. The van der Waals surface area contributed by atoms with Crippen LogP contribution in [0.2, 0.25) is 0 Å². The molecule has 1 unspecified atom stereocenters. The zero-order valence-corrected chi connectivity index (χ0v) is 15.0. The molecule has 2 aliphatic heterocycles. The molecular weight excluding hydrogens is 344 g/mol. The fourth-order valence-electron chi connectivity index (χ4n) is 3.26. The van der Waals surface area contributed by atoms with Gasteiger partial charge >= 0.3 is 6.09 Å². The van der Waals surface area contributed by atoms with Crippen LogP contribution in [0.15, 0.2) is 22.7 Å². The minimum Gasteiger partial charge on any atom is -0.444 e. The van der Waals surface area contributed by atoms with Crippen molar-refractivity contribution in [2.75, 3.05) is 24.5 Å².